The quantitative estimate of drug-likeness (QED) is 0.210. The molecule has 0 fully saturated rings. The minimum Gasteiger partial charge on any atom is -0.343 e. The minimum absolute atomic E-state index is 0.104. The Bertz CT molecular complexity index is 1340. The van der Waals surface area contributed by atoms with Crippen molar-refractivity contribution in [1.29, 1.82) is 0 Å². The third kappa shape index (κ3) is 9.41. The van der Waals surface area contributed by atoms with Crippen molar-refractivity contribution < 1.29 is 23.8 Å². The summed E-state index contributed by atoms with van der Waals surface area (Å²) in [6.45, 7) is 6.84. The molecule has 8 nitrogen and oxygen atoms in total. The van der Waals surface area contributed by atoms with Gasteiger partial charge in [-0.3, -0.25) is 18.9 Å². The number of carbonyl (C=O) groups is 3. The van der Waals surface area contributed by atoms with E-state index >= 15 is 0 Å². The van der Waals surface area contributed by atoms with Crippen LogP contribution in [0.1, 0.15) is 59.9 Å². The van der Waals surface area contributed by atoms with E-state index in [1.54, 1.807) is 54.3 Å². The summed E-state index contributed by atoms with van der Waals surface area (Å²) < 4.78 is 13.8. The summed E-state index contributed by atoms with van der Waals surface area (Å²) in [6.07, 6.45) is 1.43. The first-order valence-electron chi connectivity index (χ1n) is 14.1. The van der Waals surface area contributed by atoms with E-state index in [1.807, 2.05) is 50.2 Å². The second kappa shape index (κ2) is 15.3. The lowest BCUT2D eigenvalue weighted by molar-refractivity contribution is -0.118. The highest BCUT2D eigenvalue weighted by Gasteiger charge is 2.36. The van der Waals surface area contributed by atoms with Crippen LogP contribution in [0, 0.1) is 5.92 Å². The number of nitrogens with zero attached hydrogens (tertiary/aromatic N) is 1. The fourth-order valence-electron chi connectivity index (χ4n) is 4.59. The van der Waals surface area contributed by atoms with Gasteiger partial charge in [-0.05, 0) is 48.7 Å². The molecule has 1 unspecified atom stereocenters. The molecule has 0 aliphatic rings. The number of amides is 3. The van der Waals surface area contributed by atoms with Crippen molar-refractivity contribution in [3.8, 4) is 0 Å². The SMILES string of the molecule is CCCN(CCC)C(=O)c1cccc(C(=O)N[C@@H](Cc2ccccc2)P(=O)(O)C[C@@H](C)C(=O)Nc2ccccc2)c1. The van der Waals surface area contributed by atoms with Crippen LogP contribution in [-0.2, 0) is 15.8 Å². The van der Waals surface area contributed by atoms with Crippen molar-refractivity contribution in [1.82, 2.24) is 10.2 Å². The standard InChI is InChI=1S/C32H40N3O5P/c1-4-19-35(20-5-2)32(38)27-16-12-15-26(22-27)31(37)34-29(21-25-13-8-6-9-14-25)41(39,40)23-24(3)30(36)33-28-17-10-7-11-18-28/h6-18,22,24,29H,4-5,19-21,23H2,1-3H3,(H,33,36)(H,34,37)(H,39,40)/t24-,29-/m1/s1. The lowest BCUT2D eigenvalue weighted by Crippen LogP contribution is -2.38. The molecule has 0 aliphatic heterocycles. The zero-order valence-corrected chi connectivity index (χ0v) is 24.8. The predicted molar refractivity (Wildman–Crippen MR) is 163 cm³/mol. The highest BCUT2D eigenvalue weighted by Crippen LogP contribution is 2.48. The molecule has 3 atom stereocenters. The van der Waals surface area contributed by atoms with Gasteiger partial charge in [-0.2, -0.15) is 0 Å². The molecule has 3 N–H and O–H groups in total. The zero-order chi connectivity index (χ0) is 29.8. The summed E-state index contributed by atoms with van der Waals surface area (Å²) in [5, 5.41) is 5.52. The molecule has 3 amide bonds. The van der Waals surface area contributed by atoms with Crippen molar-refractivity contribution >= 4 is 30.8 Å². The number of nitrogens with one attached hydrogen (secondary N) is 2. The Kier molecular flexibility index (Phi) is 11.9. The maximum absolute atomic E-state index is 13.8. The second-order valence-corrected chi connectivity index (χ2v) is 12.7. The first kappa shape index (κ1) is 31.8. The van der Waals surface area contributed by atoms with Gasteiger partial charge in [0.2, 0.25) is 13.3 Å². The highest BCUT2D eigenvalue weighted by atomic mass is 31.2. The van der Waals surface area contributed by atoms with E-state index < -0.39 is 25.0 Å². The normalized spacial score (nSPS) is 13.9. The molecule has 9 heteroatoms. The predicted octanol–water partition coefficient (Wildman–Crippen LogP) is 5.79. The molecule has 0 bridgehead atoms. The van der Waals surface area contributed by atoms with Crippen molar-refractivity contribution in [2.45, 2.75) is 45.8 Å². The molecule has 0 saturated carbocycles. The Hall–Kier alpha value is -3.74. The minimum atomic E-state index is -4.09. The van der Waals surface area contributed by atoms with Crippen molar-refractivity contribution in [2.75, 3.05) is 24.6 Å². The van der Waals surface area contributed by atoms with Crippen molar-refractivity contribution in [2.24, 2.45) is 5.92 Å². The zero-order valence-electron chi connectivity index (χ0n) is 24.0. The molecule has 0 aliphatic carbocycles. The Morgan fingerprint density at radius 2 is 1.44 bits per heavy atom. The number of rotatable bonds is 14. The molecule has 218 valence electrons. The van der Waals surface area contributed by atoms with Gasteiger partial charge in [0.05, 0.1) is 0 Å². The van der Waals surface area contributed by atoms with Crippen LogP contribution in [-0.4, -0.2) is 52.5 Å². The summed E-state index contributed by atoms with van der Waals surface area (Å²) in [6, 6.07) is 24.4. The molecule has 0 aromatic heterocycles. The van der Waals surface area contributed by atoms with Gasteiger partial charge in [-0.1, -0.05) is 75.4 Å². The second-order valence-electron chi connectivity index (χ2n) is 10.2. The van der Waals surface area contributed by atoms with Gasteiger partial charge >= 0.3 is 0 Å². The van der Waals surface area contributed by atoms with E-state index in [-0.39, 0.29) is 30.0 Å². The summed E-state index contributed by atoms with van der Waals surface area (Å²) >= 11 is 0. The molecule has 3 rings (SSSR count). The van der Waals surface area contributed by atoms with Gasteiger partial charge < -0.3 is 20.4 Å². The van der Waals surface area contributed by atoms with Crippen LogP contribution in [0.3, 0.4) is 0 Å². The third-order valence-corrected chi connectivity index (χ3v) is 9.08. The number of anilines is 1. The molecular weight excluding hydrogens is 537 g/mol. The van der Waals surface area contributed by atoms with E-state index in [4.69, 9.17) is 0 Å². The van der Waals surface area contributed by atoms with Crippen LogP contribution >= 0.6 is 7.37 Å². The Balaban J connectivity index is 1.81. The van der Waals surface area contributed by atoms with Crippen LogP contribution in [0.5, 0.6) is 0 Å². The van der Waals surface area contributed by atoms with E-state index in [0.29, 0.717) is 24.3 Å². The number of para-hydroxylation sites is 1. The first-order valence-corrected chi connectivity index (χ1v) is 16.0. The fourth-order valence-corrected chi connectivity index (χ4v) is 6.61. The fraction of sp³-hybridized carbons (Fsp3) is 0.344. The summed E-state index contributed by atoms with van der Waals surface area (Å²) in [5.41, 5.74) is 1.97. The molecule has 0 radical (unpaired) electrons. The summed E-state index contributed by atoms with van der Waals surface area (Å²) in [5.74, 6) is -3.03. The van der Waals surface area contributed by atoms with Gasteiger partial charge in [-0.15, -0.1) is 0 Å². The molecule has 0 heterocycles. The Morgan fingerprint density at radius 1 is 0.854 bits per heavy atom. The lowest BCUT2D eigenvalue weighted by Gasteiger charge is -2.26. The van der Waals surface area contributed by atoms with Gasteiger partial charge in [0.25, 0.3) is 11.8 Å². The average molecular weight is 578 g/mol. The van der Waals surface area contributed by atoms with Crippen LogP contribution in [0.4, 0.5) is 5.69 Å². The molecule has 0 saturated heterocycles. The van der Waals surface area contributed by atoms with E-state index in [0.717, 1.165) is 18.4 Å². The Morgan fingerprint density at radius 3 is 2.05 bits per heavy atom. The topological polar surface area (TPSA) is 116 Å². The maximum Gasteiger partial charge on any atom is 0.253 e. The van der Waals surface area contributed by atoms with Gasteiger partial charge in [0, 0.05) is 48.4 Å². The molecule has 0 spiro atoms. The number of carbonyl (C=O) groups excluding carboxylic acids is 3. The Labute approximate surface area is 242 Å². The maximum atomic E-state index is 13.8. The van der Waals surface area contributed by atoms with E-state index in [9.17, 15) is 23.8 Å². The van der Waals surface area contributed by atoms with Gasteiger partial charge in [-0.25, -0.2) is 0 Å². The number of hydrogen-bond donors (Lipinski definition) is 3. The van der Waals surface area contributed by atoms with E-state index in [1.165, 1.54) is 6.07 Å². The van der Waals surface area contributed by atoms with E-state index in [2.05, 4.69) is 10.6 Å². The lowest BCUT2D eigenvalue weighted by atomic mass is 10.1. The summed E-state index contributed by atoms with van der Waals surface area (Å²) in [7, 11) is -4.09. The third-order valence-electron chi connectivity index (χ3n) is 6.73. The van der Waals surface area contributed by atoms with Crippen LogP contribution in [0.2, 0.25) is 0 Å². The largest absolute Gasteiger partial charge is 0.343 e. The van der Waals surface area contributed by atoms with Gasteiger partial charge in [0.15, 0.2) is 0 Å². The van der Waals surface area contributed by atoms with Crippen molar-refractivity contribution in [3.05, 3.63) is 102 Å². The van der Waals surface area contributed by atoms with Crippen molar-refractivity contribution in [3.63, 3.8) is 0 Å². The van der Waals surface area contributed by atoms with Crippen LogP contribution in [0.25, 0.3) is 0 Å². The average Bonchev–Trinajstić information content (AvgIpc) is 2.97. The summed E-state index contributed by atoms with van der Waals surface area (Å²) in [4.78, 5) is 52.3. The highest BCUT2D eigenvalue weighted by molar-refractivity contribution is 7.58. The van der Waals surface area contributed by atoms with Gasteiger partial charge in [0.1, 0.15) is 5.78 Å². The molecular formula is C32H40N3O5P. The number of benzene rings is 3. The smallest absolute Gasteiger partial charge is 0.253 e. The molecule has 41 heavy (non-hydrogen) atoms. The first-order chi connectivity index (χ1) is 19.6. The molecule has 3 aromatic rings. The number of hydrogen-bond acceptors (Lipinski definition) is 4. The van der Waals surface area contributed by atoms with Crippen LogP contribution in [0.15, 0.2) is 84.9 Å². The molecule has 3 aromatic carbocycles. The van der Waals surface area contributed by atoms with Crippen LogP contribution < -0.4 is 10.6 Å². The monoisotopic (exact) mass is 577 g/mol.